The smallest absolute Gasteiger partial charge is 0.330 e. The van der Waals surface area contributed by atoms with E-state index in [1.807, 2.05) is 0 Å². The van der Waals surface area contributed by atoms with Gasteiger partial charge in [0.15, 0.2) is 0 Å². The Morgan fingerprint density at radius 1 is 1.21 bits per heavy atom. The summed E-state index contributed by atoms with van der Waals surface area (Å²) in [5, 5.41) is 8.10. The van der Waals surface area contributed by atoms with Crippen LogP contribution in [0.25, 0.3) is 0 Å². The van der Waals surface area contributed by atoms with Crippen LogP contribution in [0.15, 0.2) is 37.5 Å². The summed E-state index contributed by atoms with van der Waals surface area (Å²) in [7, 11) is 0. The summed E-state index contributed by atoms with van der Waals surface area (Å²) in [5.74, 6) is -1.42. The fraction of sp³-hybridized carbons (Fsp3) is 0.250. The summed E-state index contributed by atoms with van der Waals surface area (Å²) in [5.41, 5.74) is 9.63. The highest BCUT2D eigenvalue weighted by atomic mass is 16.5. The van der Waals surface area contributed by atoms with Crippen LogP contribution in [0.1, 0.15) is 6.92 Å². The third kappa shape index (κ3) is 31.3. The van der Waals surface area contributed by atoms with Crippen molar-refractivity contribution in [3.8, 4) is 0 Å². The molecule has 0 spiro atoms. The number of aliphatic hydroxyl groups is 1. The largest absolute Gasteiger partial charge is 0.460 e. The average Bonchev–Trinajstić information content (AvgIpc) is 2.37. The van der Waals surface area contributed by atoms with Crippen molar-refractivity contribution >= 4 is 17.8 Å². The highest BCUT2D eigenvalue weighted by Crippen LogP contribution is 1.78. The first kappa shape index (κ1) is 21.8. The molecule has 7 heteroatoms. The fourth-order valence-corrected chi connectivity index (χ4v) is 0.205. The molecule has 0 atom stereocenters. The van der Waals surface area contributed by atoms with Crippen molar-refractivity contribution in [1.29, 1.82) is 0 Å². The fourth-order valence-electron chi connectivity index (χ4n) is 0.205. The van der Waals surface area contributed by atoms with Crippen molar-refractivity contribution in [1.82, 2.24) is 0 Å². The minimum absolute atomic E-state index is 0.0465. The zero-order chi connectivity index (χ0) is 15.8. The third-order valence-electron chi connectivity index (χ3n) is 1.12. The molecule has 0 saturated carbocycles. The number of carbonyl (C=O) groups is 3. The van der Waals surface area contributed by atoms with Gasteiger partial charge in [0.1, 0.15) is 6.61 Å². The van der Waals surface area contributed by atoms with Crippen molar-refractivity contribution in [3.63, 3.8) is 0 Å². The number of nitrogens with two attached hydrogens (primary N) is 2. The summed E-state index contributed by atoms with van der Waals surface area (Å²) in [6.07, 6.45) is 2.11. The number of ether oxygens (including phenoxy) is 1. The van der Waals surface area contributed by atoms with Gasteiger partial charge in [0.25, 0.3) is 0 Å². The van der Waals surface area contributed by atoms with Crippen LogP contribution in [-0.4, -0.2) is 36.1 Å². The van der Waals surface area contributed by atoms with Crippen LogP contribution in [0, 0.1) is 0 Å². The number of hydrogen-bond donors (Lipinski definition) is 3. The first-order valence-electron chi connectivity index (χ1n) is 5.00. The molecule has 108 valence electrons. The minimum Gasteiger partial charge on any atom is -0.460 e. The Morgan fingerprint density at radius 3 is 1.74 bits per heavy atom. The molecule has 0 bridgehead atoms. The number of amides is 2. The maximum atomic E-state index is 10.1. The van der Waals surface area contributed by atoms with Gasteiger partial charge < -0.3 is 21.3 Å². The van der Waals surface area contributed by atoms with Gasteiger partial charge in [-0.2, -0.15) is 0 Å². The highest BCUT2D eigenvalue weighted by molar-refractivity contribution is 5.90. The average molecular weight is 272 g/mol. The molecule has 7 nitrogen and oxygen atoms in total. The first-order valence-corrected chi connectivity index (χ1v) is 5.00. The third-order valence-corrected chi connectivity index (χ3v) is 1.12. The van der Waals surface area contributed by atoms with Crippen molar-refractivity contribution in [2.24, 2.45) is 11.5 Å². The van der Waals surface area contributed by atoms with E-state index in [1.165, 1.54) is 0 Å². The summed E-state index contributed by atoms with van der Waals surface area (Å²) >= 11 is 0. The van der Waals surface area contributed by atoms with Gasteiger partial charge in [-0.1, -0.05) is 19.7 Å². The standard InChI is InChI=1S/C5H8O3.C4H7NO.C3H5NO/c1-2-5(7)8-4-3-6;1-3(2)4(5)6;1-2-3(4)5/h2,6H,1,3-4H2;1H2,2H3,(H2,5,6);2H,1H2,(H2,4,5). The lowest BCUT2D eigenvalue weighted by atomic mass is 10.3. The Labute approximate surface area is 112 Å². The molecule has 2 amide bonds. The second-order valence-corrected chi connectivity index (χ2v) is 2.85. The van der Waals surface area contributed by atoms with Gasteiger partial charge >= 0.3 is 5.97 Å². The van der Waals surface area contributed by atoms with Crippen molar-refractivity contribution < 1.29 is 24.2 Å². The van der Waals surface area contributed by atoms with Gasteiger partial charge in [-0.3, -0.25) is 9.59 Å². The number of hydrogen-bond acceptors (Lipinski definition) is 5. The Bertz CT molecular complexity index is 325. The monoisotopic (exact) mass is 272 g/mol. The van der Waals surface area contributed by atoms with E-state index in [2.05, 4.69) is 30.2 Å². The Balaban J connectivity index is -0.000000209. The van der Waals surface area contributed by atoms with Crippen LogP contribution >= 0.6 is 0 Å². The Hall–Kier alpha value is -2.41. The predicted molar refractivity (Wildman–Crippen MR) is 71.6 cm³/mol. The number of carbonyl (C=O) groups excluding carboxylic acids is 3. The van der Waals surface area contributed by atoms with Crippen LogP contribution in [0.3, 0.4) is 0 Å². The van der Waals surface area contributed by atoms with E-state index in [9.17, 15) is 14.4 Å². The molecule has 0 aliphatic rings. The van der Waals surface area contributed by atoms with Crippen LogP contribution < -0.4 is 11.5 Å². The molecular weight excluding hydrogens is 252 g/mol. The summed E-state index contributed by atoms with van der Waals surface area (Å²) in [4.78, 5) is 29.4. The van der Waals surface area contributed by atoms with Gasteiger partial charge in [-0.05, 0) is 13.0 Å². The molecular formula is C12H20N2O5. The predicted octanol–water partition coefficient (Wildman–Crippen LogP) is -0.587. The summed E-state index contributed by atoms with van der Waals surface area (Å²) in [6, 6.07) is 0. The number of aliphatic hydroxyl groups excluding tert-OH is 1. The molecule has 0 heterocycles. The van der Waals surface area contributed by atoms with Gasteiger partial charge in [-0.25, -0.2) is 4.79 Å². The second kappa shape index (κ2) is 15.6. The quantitative estimate of drug-likeness (QED) is 0.454. The maximum absolute atomic E-state index is 10.1. The van der Waals surface area contributed by atoms with Crippen LogP contribution in [0.2, 0.25) is 0 Å². The van der Waals surface area contributed by atoms with Crippen LogP contribution in [0.5, 0.6) is 0 Å². The van der Waals surface area contributed by atoms with E-state index < -0.39 is 17.8 Å². The number of esters is 1. The summed E-state index contributed by atoms with van der Waals surface area (Å²) < 4.78 is 4.33. The van der Waals surface area contributed by atoms with Gasteiger partial charge in [0.05, 0.1) is 6.61 Å². The maximum Gasteiger partial charge on any atom is 0.330 e. The van der Waals surface area contributed by atoms with E-state index >= 15 is 0 Å². The van der Waals surface area contributed by atoms with Gasteiger partial charge in [0, 0.05) is 11.6 Å². The van der Waals surface area contributed by atoms with E-state index in [1.54, 1.807) is 6.92 Å². The molecule has 0 radical (unpaired) electrons. The van der Waals surface area contributed by atoms with Crippen molar-refractivity contribution in [2.75, 3.05) is 13.2 Å². The van der Waals surface area contributed by atoms with E-state index in [0.29, 0.717) is 5.57 Å². The second-order valence-electron chi connectivity index (χ2n) is 2.85. The van der Waals surface area contributed by atoms with Gasteiger partial charge in [-0.15, -0.1) is 0 Å². The molecule has 0 rings (SSSR count). The molecule has 0 aliphatic heterocycles. The van der Waals surface area contributed by atoms with Crippen molar-refractivity contribution in [3.05, 3.63) is 37.5 Å². The molecule has 19 heavy (non-hydrogen) atoms. The van der Waals surface area contributed by atoms with Crippen LogP contribution in [0.4, 0.5) is 0 Å². The number of rotatable bonds is 5. The molecule has 0 aromatic rings. The molecule has 0 aromatic heterocycles. The normalized spacial score (nSPS) is 7.47. The molecule has 0 aromatic carbocycles. The van der Waals surface area contributed by atoms with E-state index in [0.717, 1.165) is 12.2 Å². The lowest BCUT2D eigenvalue weighted by Gasteiger charge is -1.94. The lowest BCUT2D eigenvalue weighted by molar-refractivity contribution is -0.138. The Morgan fingerprint density at radius 2 is 1.58 bits per heavy atom. The zero-order valence-electron chi connectivity index (χ0n) is 10.9. The van der Waals surface area contributed by atoms with Gasteiger partial charge in [0.2, 0.25) is 11.8 Å². The molecule has 5 N–H and O–H groups in total. The van der Waals surface area contributed by atoms with E-state index in [-0.39, 0.29) is 13.2 Å². The molecule has 0 fully saturated rings. The van der Waals surface area contributed by atoms with E-state index in [4.69, 9.17) is 10.8 Å². The SMILES string of the molecule is C=C(C)C(N)=O.C=CC(=O)OCCO.C=CC(N)=O. The summed E-state index contributed by atoms with van der Waals surface area (Å²) in [6.45, 7) is 11.0. The first-order chi connectivity index (χ1) is 8.72. The topological polar surface area (TPSA) is 133 Å². The highest BCUT2D eigenvalue weighted by Gasteiger charge is 1.90. The molecule has 0 aliphatic carbocycles. The zero-order valence-corrected chi connectivity index (χ0v) is 10.9. The Kier molecular flexibility index (Phi) is 17.9. The minimum atomic E-state index is -0.501. The lowest BCUT2D eigenvalue weighted by Crippen LogP contribution is -2.10. The molecule has 0 unspecified atom stereocenters. The van der Waals surface area contributed by atoms with Crippen molar-refractivity contribution in [2.45, 2.75) is 6.92 Å². The molecule has 0 saturated heterocycles. The number of primary amides is 2. The van der Waals surface area contributed by atoms with Crippen LogP contribution in [-0.2, 0) is 19.1 Å².